The lowest BCUT2D eigenvalue weighted by molar-refractivity contribution is -0.126. The van der Waals surface area contributed by atoms with Crippen LogP contribution in [0.4, 0.5) is 0 Å². The Kier molecular flexibility index (Phi) is 6.35. The van der Waals surface area contributed by atoms with Crippen LogP contribution in [-0.2, 0) is 16.1 Å². The first-order chi connectivity index (χ1) is 13.1. The molecule has 0 bridgehead atoms. The number of hydrogen-bond donors (Lipinski definition) is 2. The fourth-order valence-corrected chi connectivity index (χ4v) is 3.16. The molecular weight excluding hydrogens is 344 g/mol. The van der Waals surface area contributed by atoms with Gasteiger partial charge in [-0.1, -0.05) is 23.8 Å². The third-order valence-corrected chi connectivity index (χ3v) is 4.64. The topological polar surface area (TPSA) is 93.1 Å². The number of fused-ring (bicyclic) bond motifs is 1. The summed E-state index contributed by atoms with van der Waals surface area (Å²) < 4.78 is 1.24. The van der Waals surface area contributed by atoms with Crippen molar-refractivity contribution in [2.45, 2.75) is 38.6 Å². The molecule has 0 radical (unpaired) electrons. The van der Waals surface area contributed by atoms with Gasteiger partial charge in [0, 0.05) is 6.54 Å². The van der Waals surface area contributed by atoms with Crippen LogP contribution in [0.25, 0.3) is 10.9 Å². The Morgan fingerprint density at radius 1 is 1.11 bits per heavy atom. The largest absolute Gasteiger partial charge is 0.354 e. The smallest absolute Gasteiger partial charge is 0.261 e. The number of carbonyl (C=O) groups is 2. The second kappa shape index (κ2) is 9.12. The van der Waals surface area contributed by atoms with E-state index >= 15 is 0 Å². The highest BCUT2D eigenvalue weighted by Crippen LogP contribution is 2.19. The van der Waals surface area contributed by atoms with E-state index in [1.807, 2.05) is 0 Å². The van der Waals surface area contributed by atoms with Crippen molar-refractivity contribution in [2.75, 3.05) is 13.1 Å². The number of hydrogen-bond acceptors (Lipinski definition) is 4. The zero-order chi connectivity index (χ0) is 19.1. The van der Waals surface area contributed by atoms with Crippen molar-refractivity contribution < 1.29 is 9.59 Å². The fraction of sp³-hybridized carbons (Fsp3) is 0.400. The highest BCUT2D eigenvalue weighted by molar-refractivity contribution is 5.84. The van der Waals surface area contributed by atoms with Gasteiger partial charge >= 0.3 is 0 Å². The van der Waals surface area contributed by atoms with Crippen LogP contribution >= 0.6 is 0 Å². The summed E-state index contributed by atoms with van der Waals surface area (Å²) in [7, 11) is 0. The molecule has 1 aliphatic carbocycles. The van der Waals surface area contributed by atoms with Crippen molar-refractivity contribution in [2.24, 2.45) is 0 Å². The first-order valence-electron chi connectivity index (χ1n) is 9.29. The summed E-state index contributed by atoms with van der Waals surface area (Å²) in [4.78, 5) is 40.4. The second-order valence-corrected chi connectivity index (χ2v) is 6.68. The van der Waals surface area contributed by atoms with Crippen molar-refractivity contribution in [1.29, 1.82) is 0 Å². The number of aromatic nitrogens is 2. The van der Waals surface area contributed by atoms with Gasteiger partial charge in [0.15, 0.2) is 0 Å². The maximum atomic E-state index is 12.4. The Hall–Kier alpha value is -2.96. The van der Waals surface area contributed by atoms with Crippen LogP contribution < -0.4 is 16.2 Å². The van der Waals surface area contributed by atoms with E-state index in [-0.39, 0.29) is 24.6 Å². The molecule has 2 N–H and O–H groups in total. The van der Waals surface area contributed by atoms with Gasteiger partial charge in [-0.05, 0) is 44.2 Å². The molecule has 3 rings (SSSR count). The van der Waals surface area contributed by atoms with Crippen LogP contribution in [0.15, 0.2) is 47.0 Å². The molecule has 1 aromatic carbocycles. The predicted octanol–water partition coefficient (Wildman–Crippen LogP) is 1.52. The molecule has 0 saturated carbocycles. The summed E-state index contributed by atoms with van der Waals surface area (Å²) in [5.41, 5.74) is 1.71. The lowest BCUT2D eigenvalue weighted by atomic mass is 9.97. The van der Waals surface area contributed by atoms with E-state index in [9.17, 15) is 14.4 Å². The zero-order valence-corrected chi connectivity index (χ0v) is 15.2. The van der Waals surface area contributed by atoms with E-state index in [1.54, 1.807) is 24.3 Å². The lowest BCUT2D eigenvalue weighted by Crippen LogP contribution is -2.39. The number of nitrogens with one attached hydrogen (secondary N) is 2. The second-order valence-electron chi connectivity index (χ2n) is 6.68. The number of carbonyl (C=O) groups excluding carboxylic acids is 2. The van der Waals surface area contributed by atoms with Crippen molar-refractivity contribution >= 4 is 22.7 Å². The normalized spacial score (nSPS) is 13.9. The van der Waals surface area contributed by atoms with Gasteiger partial charge in [-0.15, -0.1) is 0 Å². The van der Waals surface area contributed by atoms with Crippen molar-refractivity contribution in [1.82, 2.24) is 20.2 Å². The molecule has 0 saturated heterocycles. The molecule has 2 aromatic rings. The Balaban J connectivity index is 1.44. The molecule has 0 aliphatic heterocycles. The molecule has 27 heavy (non-hydrogen) atoms. The molecule has 1 aromatic heterocycles. The molecule has 7 nitrogen and oxygen atoms in total. The van der Waals surface area contributed by atoms with E-state index in [1.165, 1.54) is 29.3 Å². The van der Waals surface area contributed by atoms with Crippen LogP contribution in [0.1, 0.15) is 32.1 Å². The third kappa shape index (κ3) is 5.26. The van der Waals surface area contributed by atoms with Gasteiger partial charge < -0.3 is 10.6 Å². The monoisotopic (exact) mass is 368 g/mol. The van der Waals surface area contributed by atoms with E-state index in [4.69, 9.17) is 0 Å². The number of benzene rings is 1. The lowest BCUT2D eigenvalue weighted by Gasteiger charge is -2.13. The van der Waals surface area contributed by atoms with E-state index in [0.29, 0.717) is 17.4 Å². The highest BCUT2D eigenvalue weighted by Gasteiger charge is 2.10. The molecule has 0 unspecified atom stereocenters. The first kappa shape index (κ1) is 18.8. The maximum Gasteiger partial charge on any atom is 0.261 e. The molecule has 0 spiro atoms. The average Bonchev–Trinajstić information content (AvgIpc) is 2.69. The minimum Gasteiger partial charge on any atom is -0.354 e. The summed E-state index contributed by atoms with van der Waals surface area (Å²) >= 11 is 0. The Bertz CT molecular complexity index is 917. The van der Waals surface area contributed by atoms with Crippen molar-refractivity contribution in [3.8, 4) is 0 Å². The SMILES string of the molecule is O=C(CNC(=O)Cn1cnc2ccccc2c1=O)NCCC1=CCCCC1. The van der Waals surface area contributed by atoms with Gasteiger partial charge in [0.1, 0.15) is 6.54 Å². The number of nitrogens with zero attached hydrogens (tertiary/aromatic N) is 2. The summed E-state index contributed by atoms with van der Waals surface area (Å²) in [6, 6.07) is 6.97. The van der Waals surface area contributed by atoms with Gasteiger partial charge in [0.25, 0.3) is 5.56 Å². The van der Waals surface area contributed by atoms with Gasteiger partial charge in [-0.25, -0.2) is 4.98 Å². The van der Waals surface area contributed by atoms with Crippen molar-refractivity contribution in [3.63, 3.8) is 0 Å². The van der Waals surface area contributed by atoms with Crippen molar-refractivity contribution in [3.05, 3.63) is 52.6 Å². The van der Waals surface area contributed by atoms with Gasteiger partial charge in [-0.3, -0.25) is 19.0 Å². The van der Waals surface area contributed by atoms with Crippen LogP contribution in [-0.4, -0.2) is 34.5 Å². The van der Waals surface area contributed by atoms with Gasteiger partial charge in [-0.2, -0.15) is 0 Å². The summed E-state index contributed by atoms with van der Waals surface area (Å²) in [6.45, 7) is 0.305. The maximum absolute atomic E-state index is 12.4. The Morgan fingerprint density at radius 2 is 1.96 bits per heavy atom. The number of rotatable bonds is 7. The zero-order valence-electron chi connectivity index (χ0n) is 15.2. The standard InChI is InChI=1S/C20H24N4O3/c25-18(21-11-10-15-6-2-1-3-7-15)12-22-19(26)13-24-14-23-17-9-5-4-8-16(17)20(24)27/h4-6,8-9,14H,1-3,7,10-13H2,(H,21,25)(H,22,26). The first-order valence-corrected chi connectivity index (χ1v) is 9.29. The Labute approximate surface area is 157 Å². The number of para-hydroxylation sites is 1. The number of amides is 2. The van der Waals surface area contributed by atoms with E-state index in [0.717, 1.165) is 19.3 Å². The summed E-state index contributed by atoms with van der Waals surface area (Å²) in [5.74, 6) is -0.636. The van der Waals surface area contributed by atoms with E-state index in [2.05, 4.69) is 21.7 Å². The molecule has 0 fully saturated rings. The minimum absolute atomic E-state index is 0.104. The van der Waals surface area contributed by atoms with Gasteiger partial charge in [0.2, 0.25) is 11.8 Å². The molecule has 7 heteroatoms. The third-order valence-electron chi connectivity index (χ3n) is 4.64. The molecule has 2 amide bonds. The predicted molar refractivity (Wildman–Crippen MR) is 103 cm³/mol. The fourth-order valence-electron chi connectivity index (χ4n) is 3.16. The van der Waals surface area contributed by atoms with Crippen LogP contribution in [0.3, 0.4) is 0 Å². The van der Waals surface area contributed by atoms with Gasteiger partial charge in [0.05, 0.1) is 23.8 Å². The molecule has 142 valence electrons. The van der Waals surface area contributed by atoms with Crippen LogP contribution in [0, 0.1) is 0 Å². The molecular formula is C20H24N4O3. The average molecular weight is 368 g/mol. The van der Waals surface area contributed by atoms with Crippen LogP contribution in [0.5, 0.6) is 0 Å². The Morgan fingerprint density at radius 3 is 2.78 bits per heavy atom. The molecule has 1 heterocycles. The summed E-state index contributed by atoms with van der Waals surface area (Å²) in [5, 5.41) is 5.81. The number of allylic oxidation sites excluding steroid dienone is 1. The minimum atomic E-state index is -0.403. The highest BCUT2D eigenvalue weighted by atomic mass is 16.2. The molecule has 1 aliphatic rings. The van der Waals surface area contributed by atoms with E-state index < -0.39 is 5.91 Å². The molecule has 0 atom stereocenters. The van der Waals surface area contributed by atoms with Crippen LogP contribution in [0.2, 0.25) is 0 Å². The summed E-state index contributed by atoms with van der Waals surface area (Å²) in [6.07, 6.45) is 9.17. The quantitative estimate of drug-likeness (QED) is 0.725.